The molecule has 0 spiro atoms. The fourth-order valence-electron chi connectivity index (χ4n) is 3.82. The molecule has 0 N–H and O–H groups in total. The lowest BCUT2D eigenvalue weighted by Crippen LogP contribution is -2.21. The van der Waals surface area contributed by atoms with Crippen molar-refractivity contribution >= 4 is 23.4 Å². The van der Waals surface area contributed by atoms with E-state index in [-0.39, 0.29) is 5.91 Å². The van der Waals surface area contributed by atoms with Gasteiger partial charge in [0.25, 0.3) is 5.91 Å². The second-order valence-electron chi connectivity index (χ2n) is 8.16. The molecule has 4 rings (SSSR count). The SMILES string of the molecule is CCCCCCCOc1ccc(/C=C2/C(=O)N(c3ccccc3)N=C2c2ccccc2)cc1. The van der Waals surface area contributed by atoms with Gasteiger partial charge in [0.2, 0.25) is 0 Å². The molecule has 0 saturated carbocycles. The lowest BCUT2D eigenvalue weighted by Gasteiger charge is -2.11. The van der Waals surface area contributed by atoms with Crippen molar-refractivity contribution in [2.24, 2.45) is 5.10 Å². The van der Waals surface area contributed by atoms with Gasteiger partial charge in [-0.2, -0.15) is 10.1 Å². The number of carbonyl (C=O) groups is 1. The molecule has 33 heavy (non-hydrogen) atoms. The maximum absolute atomic E-state index is 13.3. The molecule has 0 unspecified atom stereocenters. The molecule has 1 aliphatic heterocycles. The van der Waals surface area contributed by atoms with Crippen LogP contribution >= 0.6 is 0 Å². The van der Waals surface area contributed by atoms with Crippen LogP contribution in [0.2, 0.25) is 0 Å². The maximum atomic E-state index is 13.3. The normalized spacial score (nSPS) is 14.6. The lowest BCUT2D eigenvalue weighted by atomic mass is 10.0. The zero-order valence-corrected chi connectivity index (χ0v) is 19.1. The van der Waals surface area contributed by atoms with Crippen LogP contribution in [0.25, 0.3) is 6.08 Å². The van der Waals surface area contributed by atoms with Gasteiger partial charge in [-0.1, -0.05) is 93.3 Å². The molecular weight excluding hydrogens is 408 g/mol. The predicted molar refractivity (Wildman–Crippen MR) is 136 cm³/mol. The predicted octanol–water partition coefficient (Wildman–Crippen LogP) is 6.87. The van der Waals surface area contributed by atoms with E-state index in [0.29, 0.717) is 11.3 Å². The Hall–Kier alpha value is -3.66. The molecule has 4 heteroatoms. The van der Waals surface area contributed by atoms with E-state index >= 15 is 0 Å². The summed E-state index contributed by atoms with van der Waals surface area (Å²) in [5, 5.41) is 6.16. The first-order chi connectivity index (χ1) is 16.3. The Morgan fingerprint density at radius 2 is 1.48 bits per heavy atom. The second kappa shape index (κ2) is 11.3. The van der Waals surface area contributed by atoms with Crippen molar-refractivity contribution in [2.45, 2.75) is 39.0 Å². The van der Waals surface area contributed by atoms with E-state index in [9.17, 15) is 4.79 Å². The molecule has 0 atom stereocenters. The highest BCUT2D eigenvalue weighted by Gasteiger charge is 2.31. The van der Waals surface area contributed by atoms with Crippen LogP contribution in [0, 0.1) is 0 Å². The first-order valence-corrected chi connectivity index (χ1v) is 11.7. The minimum atomic E-state index is -0.132. The van der Waals surface area contributed by atoms with Crippen LogP contribution in [-0.2, 0) is 4.79 Å². The summed E-state index contributed by atoms with van der Waals surface area (Å²) in [6, 6.07) is 27.3. The van der Waals surface area contributed by atoms with Gasteiger partial charge in [-0.3, -0.25) is 4.79 Å². The lowest BCUT2D eigenvalue weighted by molar-refractivity contribution is -0.114. The zero-order valence-electron chi connectivity index (χ0n) is 19.1. The molecule has 1 heterocycles. The third kappa shape index (κ3) is 5.78. The first-order valence-electron chi connectivity index (χ1n) is 11.7. The molecule has 1 amide bonds. The summed E-state index contributed by atoms with van der Waals surface area (Å²) in [6.45, 7) is 2.96. The number of nitrogens with zero attached hydrogens (tertiary/aromatic N) is 2. The Kier molecular flexibility index (Phi) is 7.70. The standard InChI is InChI=1S/C29H30N2O2/c1-2-3-4-5-12-21-33-26-19-17-23(18-20-26)22-27-28(24-13-8-6-9-14-24)30-31(29(27)32)25-15-10-7-11-16-25/h6-11,13-20,22H,2-5,12,21H2,1H3/b27-22+. The van der Waals surface area contributed by atoms with Crippen molar-refractivity contribution in [2.75, 3.05) is 11.6 Å². The van der Waals surface area contributed by atoms with Crippen LogP contribution in [-0.4, -0.2) is 18.2 Å². The van der Waals surface area contributed by atoms with Gasteiger partial charge in [0, 0.05) is 5.56 Å². The number of hydrogen-bond donors (Lipinski definition) is 0. The van der Waals surface area contributed by atoms with E-state index in [4.69, 9.17) is 4.74 Å². The monoisotopic (exact) mass is 438 g/mol. The third-order valence-corrected chi connectivity index (χ3v) is 5.63. The van der Waals surface area contributed by atoms with Crippen LogP contribution in [0.4, 0.5) is 5.69 Å². The van der Waals surface area contributed by atoms with Crippen LogP contribution < -0.4 is 9.75 Å². The smallest absolute Gasteiger partial charge is 0.281 e. The van der Waals surface area contributed by atoms with E-state index in [1.54, 1.807) is 0 Å². The number of amides is 1. The molecule has 0 radical (unpaired) electrons. The number of unbranched alkanes of at least 4 members (excludes halogenated alkanes) is 4. The molecular formula is C29H30N2O2. The largest absolute Gasteiger partial charge is 0.494 e. The number of carbonyl (C=O) groups excluding carboxylic acids is 1. The molecule has 0 aromatic heterocycles. The Morgan fingerprint density at radius 3 is 2.18 bits per heavy atom. The number of hydrazone groups is 1. The van der Waals surface area contributed by atoms with Gasteiger partial charge in [-0.05, 0) is 42.3 Å². The summed E-state index contributed by atoms with van der Waals surface area (Å²) >= 11 is 0. The molecule has 4 nitrogen and oxygen atoms in total. The van der Waals surface area contributed by atoms with Crippen molar-refractivity contribution in [3.8, 4) is 5.75 Å². The molecule has 3 aromatic rings. The van der Waals surface area contributed by atoms with Crippen molar-refractivity contribution in [3.05, 3.63) is 102 Å². The summed E-state index contributed by atoms with van der Waals surface area (Å²) in [5.74, 6) is 0.723. The average molecular weight is 439 g/mol. The summed E-state index contributed by atoms with van der Waals surface area (Å²) in [6.07, 6.45) is 8.00. The number of hydrogen-bond acceptors (Lipinski definition) is 3. The van der Waals surface area contributed by atoms with E-state index in [1.807, 2.05) is 91.0 Å². The zero-order chi connectivity index (χ0) is 22.9. The fraction of sp³-hybridized carbons (Fsp3) is 0.241. The van der Waals surface area contributed by atoms with E-state index in [0.717, 1.165) is 35.6 Å². The molecule has 168 valence electrons. The Morgan fingerprint density at radius 1 is 0.818 bits per heavy atom. The van der Waals surface area contributed by atoms with Crippen LogP contribution in [0.5, 0.6) is 5.75 Å². The summed E-state index contributed by atoms with van der Waals surface area (Å²) in [7, 11) is 0. The van der Waals surface area contributed by atoms with E-state index in [2.05, 4.69) is 12.0 Å². The highest BCUT2D eigenvalue weighted by atomic mass is 16.5. The Balaban J connectivity index is 1.52. The van der Waals surface area contributed by atoms with E-state index < -0.39 is 0 Å². The number of para-hydroxylation sites is 1. The third-order valence-electron chi connectivity index (χ3n) is 5.63. The van der Waals surface area contributed by atoms with Gasteiger partial charge in [0.1, 0.15) is 11.5 Å². The van der Waals surface area contributed by atoms with Gasteiger partial charge in [0.05, 0.1) is 17.9 Å². The fourth-order valence-corrected chi connectivity index (χ4v) is 3.82. The number of ether oxygens (including phenoxy) is 1. The van der Waals surface area contributed by atoms with Gasteiger partial charge in [-0.25, -0.2) is 0 Å². The quantitative estimate of drug-likeness (QED) is 0.256. The number of anilines is 1. The second-order valence-corrected chi connectivity index (χ2v) is 8.16. The van der Waals surface area contributed by atoms with Crippen LogP contribution in [0.15, 0.2) is 95.6 Å². The molecule has 0 fully saturated rings. The summed E-state index contributed by atoms with van der Waals surface area (Å²) < 4.78 is 5.88. The number of rotatable bonds is 10. The van der Waals surface area contributed by atoms with Crippen molar-refractivity contribution < 1.29 is 9.53 Å². The summed E-state index contributed by atoms with van der Waals surface area (Å²) in [5.41, 5.74) is 3.86. The Bertz CT molecular complexity index is 1100. The molecule has 3 aromatic carbocycles. The molecule has 1 aliphatic rings. The van der Waals surface area contributed by atoms with Gasteiger partial charge in [0.15, 0.2) is 0 Å². The average Bonchev–Trinajstić information content (AvgIpc) is 3.19. The topological polar surface area (TPSA) is 41.9 Å². The van der Waals surface area contributed by atoms with Crippen molar-refractivity contribution in [1.29, 1.82) is 0 Å². The van der Waals surface area contributed by atoms with Crippen molar-refractivity contribution in [3.63, 3.8) is 0 Å². The highest BCUT2D eigenvalue weighted by Crippen LogP contribution is 2.28. The van der Waals surface area contributed by atoms with E-state index in [1.165, 1.54) is 30.7 Å². The molecule has 0 aliphatic carbocycles. The van der Waals surface area contributed by atoms with Gasteiger partial charge in [-0.15, -0.1) is 0 Å². The highest BCUT2D eigenvalue weighted by molar-refractivity contribution is 6.37. The molecule has 0 bridgehead atoms. The molecule has 0 saturated heterocycles. The van der Waals surface area contributed by atoms with Gasteiger partial charge >= 0.3 is 0 Å². The summed E-state index contributed by atoms with van der Waals surface area (Å²) in [4.78, 5) is 13.3. The maximum Gasteiger partial charge on any atom is 0.281 e. The van der Waals surface area contributed by atoms with Crippen LogP contribution in [0.1, 0.15) is 50.2 Å². The van der Waals surface area contributed by atoms with Crippen molar-refractivity contribution in [1.82, 2.24) is 0 Å². The Labute approximate surface area is 196 Å². The first kappa shape index (κ1) is 22.5. The van der Waals surface area contributed by atoms with Crippen LogP contribution in [0.3, 0.4) is 0 Å². The van der Waals surface area contributed by atoms with Gasteiger partial charge < -0.3 is 4.74 Å². The minimum Gasteiger partial charge on any atom is -0.494 e. The number of benzene rings is 3. The minimum absolute atomic E-state index is 0.132.